The van der Waals surface area contributed by atoms with Crippen molar-refractivity contribution in [3.8, 4) is 5.88 Å². The lowest BCUT2D eigenvalue weighted by Gasteiger charge is -2.08. The van der Waals surface area contributed by atoms with Crippen molar-refractivity contribution in [2.75, 3.05) is 7.11 Å². The Labute approximate surface area is 126 Å². The summed E-state index contributed by atoms with van der Waals surface area (Å²) in [5.41, 5.74) is 2.20. The minimum atomic E-state index is 0.626. The van der Waals surface area contributed by atoms with Crippen LogP contribution in [0.2, 0.25) is 5.02 Å². The summed E-state index contributed by atoms with van der Waals surface area (Å²) in [6, 6.07) is 9.76. The second-order valence-corrected chi connectivity index (χ2v) is 5.37. The van der Waals surface area contributed by atoms with Crippen LogP contribution in [0.25, 0.3) is 0 Å². The summed E-state index contributed by atoms with van der Waals surface area (Å²) < 4.78 is 6.07. The topological polar surface area (TPSA) is 34.1 Å². The zero-order valence-corrected chi connectivity index (χ0v) is 12.8. The number of hydrogen-bond acceptors (Lipinski definition) is 3. The summed E-state index contributed by atoms with van der Waals surface area (Å²) in [4.78, 5) is 4.07. The Morgan fingerprint density at radius 2 is 2.11 bits per heavy atom. The first kappa shape index (κ1) is 14.3. The van der Waals surface area contributed by atoms with Gasteiger partial charge in [0.25, 0.3) is 0 Å². The number of methoxy groups -OCH3 is 1. The summed E-state index contributed by atoms with van der Waals surface area (Å²) in [6.45, 7) is 1.46. The average molecular weight is 342 g/mol. The van der Waals surface area contributed by atoms with Crippen LogP contribution in [-0.4, -0.2) is 12.1 Å². The minimum absolute atomic E-state index is 0.626. The van der Waals surface area contributed by atoms with E-state index in [1.807, 2.05) is 30.3 Å². The molecule has 0 aliphatic heterocycles. The van der Waals surface area contributed by atoms with Crippen molar-refractivity contribution in [2.45, 2.75) is 13.1 Å². The van der Waals surface area contributed by atoms with Gasteiger partial charge in [-0.15, -0.1) is 0 Å². The van der Waals surface area contributed by atoms with E-state index in [4.69, 9.17) is 16.3 Å². The molecule has 0 amide bonds. The first-order valence-corrected chi connectivity index (χ1v) is 6.99. The molecule has 0 atom stereocenters. The van der Waals surface area contributed by atoms with E-state index in [0.717, 1.165) is 33.7 Å². The lowest BCUT2D eigenvalue weighted by atomic mass is 10.2. The third kappa shape index (κ3) is 4.20. The SMILES string of the molecule is COc1cc(CNCc2ccc(Br)cc2Cl)ccn1. The maximum atomic E-state index is 6.16. The van der Waals surface area contributed by atoms with Crippen LogP contribution in [-0.2, 0) is 13.1 Å². The maximum absolute atomic E-state index is 6.16. The van der Waals surface area contributed by atoms with Gasteiger partial charge in [-0.1, -0.05) is 33.6 Å². The summed E-state index contributed by atoms with van der Waals surface area (Å²) in [7, 11) is 1.61. The molecule has 100 valence electrons. The highest BCUT2D eigenvalue weighted by molar-refractivity contribution is 9.10. The van der Waals surface area contributed by atoms with Gasteiger partial charge >= 0.3 is 0 Å². The highest BCUT2D eigenvalue weighted by atomic mass is 79.9. The number of ether oxygens (including phenoxy) is 1. The van der Waals surface area contributed by atoms with E-state index in [1.54, 1.807) is 13.3 Å². The number of hydrogen-bond donors (Lipinski definition) is 1. The largest absolute Gasteiger partial charge is 0.481 e. The standard InChI is InChI=1S/C14H14BrClN2O/c1-19-14-6-10(4-5-18-14)8-17-9-11-2-3-12(15)7-13(11)16/h2-7,17H,8-9H2,1H3. The van der Waals surface area contributed by atoms with E-state index in [-0.39, 0.29) is 0 Å². The molecule has 0 fully saturated rings. The molecule has 3 nitrogen and oxygen atoms in total. The molecule has 0 saturated heterocycles. The third-order valence-electron chi connectivity index (χ3n) is 2.67. The van der Waals surface area contributed by atoms with Crippen molar-refractivity contribution in [3.63, 3.8) is 0 Å². The van der Waals surface area contributed by atoms with Gasteiger partial charge in [0.05, 0.1) is 7.11 Å². The van der Waals surface area contributed by atoms with Crippen LogP contribution in [0.3, 0.4) is 0 Å². The minimum Gasteiger partial charge on any atom is -0.481 e. The summed E-state index contributed by atoms with van der Waals surface area (Å²) in [6.07, 6.45) is 1.74. The highest BCUT2D eigenvalue weighted by Crippen LogP contribution is 2.21. The first-order valence-electron chi connectivity index (χ1n) is 5.82. The van der Waals surface area contributed by atoms with Crippen LogP contribution in [0.1, 0.15) is 11.1 Å². The van der Waals surface area contributed by atoms with E-state index < -0.39 is 0 Å². The zero-order valence-electron chi connectivity index (χ0n) is 10.5. The number of benzene rings is 1. The van der Waals surface area contributed by atoms with Crippen LogP contribution < -0.4 is 10.1 Å². The van der Waals surface area contributed by atoms with Crippen LogP contribution in [0.4, 0.5) is 0 Å². The molecule has 0 saturated carbocycles. The quantitative estimate of drug-likeness (QED) is 0.898. The van der Waals surface area contributed by atoms with Crippen LogP contribution in [0, 0.1) is 0 Å². The molecule has 0 aliphatic rings. The number of rotatable bonds is 5. The monoisotopic (exact) mass is 340 g/mol. The highest BCUT2D eigenvalue weighted by Gasteiger charge is 2.01. The second kappa shape index (κ2) is 6.89. The van der Waals surface area contributed by atoms with Crippen molar-refractivity contribution in [1.29, 1.82) is 0 Å². The Morgan fingerprint density at radius 1 is 1.26 bits per heavy atom. The molecule has 1 aromatic heterocycles. The Kier molecular flexibility index (Phi) is 5.19. The van der Waals surface area contributed by atoms with Gasteiger partial charge in [-0.2, -0.15) is 0 Å². The van der Waals surface area contributed by atoms with Crippen molar-refractivity contribution in [1.82, 2.24) is 10.3 Å². The maximum Gasteiger partial charge on any atom is 0.213 e. The molecule has 0 spiro atoms. The van der Waals surface area contributed by atoms with E-state index in [2.05, 4.69) is 26.2 Å². The fraction of sp³-hybridized carbons (Fsp3) is 0.214. The van der Waals surface area contributed by atoms with Crippen molar-refractivity contribution in [3.05, 3.63) is 57.2 Å². The van der Waals surface area contributed by atoms with Gasteiger partial charge in [0, 0.05) is 34.8 Å². The first-order chi connectivity index (χ1) is 9.19. The molecule has 5 heteroatoms. The number of nitrogens with zero attached hydrogens (tertiary/aromatic N) is 1. The fourth-order valence-corrected chi connectivity index (χ4v) is 2.42. The predicted octanol–water partition coefficient (Wildman–Crippen LogP) is 3.80. The molecule has 2 aromatic rings. The zero-order chi connectivity index (χ0) is 13.7. The molecule has 2 rings (SSSR count). The van der Waals surface area contributed by atoms with Crippen LogP contribution in [0.15, 0.2) is 41.0 Å². The number of nitrogens with one attached hydrogen (secondary N) is 1. The molecule has 0 unspecified atom stereocenters. The van der Waals surface area contributed by atoms with Crippen molar-refractivity contribution < 1.29 is 4.74 Å². The Morgan fingerprint density at radius 3 is 2.84 bits per heavy atom. The molecule has 0 bridgehead atoms. The molecule has 0 radical (unpaired) electrons. The van der Waals surface area contributed by atoms with Gasteiger partial charge in [-0.05, 0) is 29.3 Å². The van der Waals surface area contributed by atoms with E-state index >= 15 is 0 Å². The number of aromatic nitrogens is 1. The van der Waals surface area contributed by atoms with Gasteiger partial charge in [-0.3, -0.25) is 0 Å². The predicted molar refractivity (Wildman–Crippen MR) is 80.5 cm³/mol. The fourth-order valence-electron chi connectivity index (χ4n) is 1.68. The van der Waals surface area contributed by atoms with E-state index in [9.17, 15) is 0 Å². The molecule has 1 N–H and O–H groups in total. The third-order valence-corrected chi connectivity index (χ3v) is 3.51. The number of halogens is 2. The molecule has 1 aromatic carbocycles. The van der Waals surface area contributed by atoms with Crippen LogP contribution >= 0.6 is 27.5 Å². The van der Waals surface area contributed by atoms with Crippen LogP contribution in [0.5, 0.6) is 5.88 Å². The Hall–Kier alpha value is -1.10. The lowest BCUT2D eigenvalue weighted by Crippen LogP contribution is -2.13. The van der Waals surface area contributed by atoms with Crippen molar-refractivity contribution in [2.24, 2.45) is 0 Å². The van der Waals surface area contributed by atoms with Gasteiger partial charge in [0.15, 0.2) is 0 Å². The molecule has 19 heavy (non-hydrogen) atoms. The summed E-state index contributed by atoms with van der Waals surface area (Å²) in [5.74, 6) is 0.626. The molecule has 0 aliphatic carbocycles. The molecule has 1 heterocycles. The van der Waals surface area contributed by atoms with Gasteiger partial charge < -0.3 is 10.1 Å². The van der Waals surface area contributed by atoms with Gasteiger partial charge in [0.1, 0.15) is 0 Å². The Bertz CT molecular complexity index is 563. The molecular weight excluding hydrogens is 328 g/mol. The van der Waals surface area contributed by atoms with Crippen molar-refractivity contribution >= 4 is 27.5 Å². The van der Waals surface area contributed by atoms with Gasteiger partial charge in [0.2, 0.25) is 5.88 Å². The second-order valence-electron chi connectivity index (χ2n) is 4.05. The summed E-state index contributed by atoms with van der Waals surface area (Å²) >= 11 is 9.55. The number of pyridine rings is 1. The van der Waals surface area contributed by atoms with Gasteiger partial charge in [-0.25, -0.2) is 4.98 Å². The van der Waals surface area contributed by atoms with E-state index in [0.29, 0.717) is 5.88 Å². The Balaban J connectivity index is 1.92. The average Bonchev–Trinajstić information content (AvgIpc) is 2.41. The smallest absolute Gasteiger partial charge is 0.213 e. The van der Waals surface area contributed by atoms with E-state index in [1.165, 1.54) is 0 Å². The lowest BCUT2D eigenvalue weighted by molar-refractivity contribution is 0.397. The molecular formula is C14H14BrClN2O. The normalized spacial score (nSPS) is 10.5. The summed E-state index contributed by atoms with van der Waals surface area (Å²) in [5, 5.41) is 4.10.